The van der Waals surface area contributed by atoms with E-state index in [9.17, 15) is 4.79 Å². The molecule has 4 heteroatoms. The number of morpholine rings is 1. The first-order valence-electron chi connectivity index (χ1n) is 7.26. The van der Waals surface area contributed by atoms with Crippen molar-refractivity contribution in [2.75, 3.05) is 32.8 Å². The zero-order valence-electron chi connectivity index (χ0n) is 11.7. The van der Waals surface area contributed by atoms with Gasteiger partial charge < -0.3 is 15.0 Å². The Kier molecular flexibility index (Phi) is 5.01. The number of carbonyl (C=O) groups excluding carboxylic acids is 1. The fraction of sp³-hybridized carbons (Fsp3) is 0.929. The third-order valence-corrected chi connectivity index (χ3v) is 3.86. The van der Waals surface area contributed by atoms with E-state index in [4.69, 9.17) is 4.74 Å². The summed E-state index contributed by atoms with van der Waals surface area (Å²) in [6.07, 6.45) is 3.66. The van der Waals surface area contributed by atoms with Crippen LogP contribution in [-0.4, -0.2) is 49.7 Å². The monoisotopic (exact) mass is 254 g/mol. The van der Waals surface area contributed by atoms with Crippen molar-refractivity contribution in [3.05, 3.63) is 0 Å². The van der Waals surface area contributed by atoms with Crippen LogP contribution in [0.1, 0.15) is 33.1 Å². The van der Waals surface area contributed by atoms with Gasteiger partial charge in [-0.2, -0.15) is 0 Å². The smallest absolute Gasteiger partial charge is 0.242 e. The van der Waals surface area contributed by atoms with Crippen LogP contribution >= 0.6 is 0 Å². The molecule has 1 N–H and O–H groups in total. The van der Waals surface area contributed by atoms with E-state index < -0.39 is 0 Å². The molecule has 2 unspecified atom stereocenters. The lowest BCUT2D eigenvalue weighted by Crippen LogP contribution is -2.54. The maximum Gasteiger partial charge on any atom is 0.242 e. The number of hydrogen-bond acceptors (Lipinski definition) is 3. The fourth-order valence-corrected chi connectivity index (χ4v) is 3.07. The largest absolute Gasteiger partial charge is 0.378 e. The molecule has 0 spiro atoms. The molecule has 0 aromatic heterocycles. The first-order chi connectivity index (χ1) is 8.66. The maximum atomic E-state index is 12.4. The van der Waals surface area contributed by atoms with Gasteiger partial charge in [0, 0.05) is 19.6 Å². The molecule has 0 aromatic carbocycles. The molecule has 2 heterocycles. The number of carbonyl (C=O) groups is 1. The lowest BCUT2D eigenvalue weighted by Gasteiger charge is -2.36. The molecule has 0 radical (unpaired) electrons. The summed E-state index contributed by atoms with van der Waals surface area (Å²) in [5.41, 5.74) is 0. The number of piperidine rings is 1. The van der Waals surface area contributed by atoms with Crippen LogP contribution in [0.25, 0.3) is 0 Å². The summed E-state index contributed by atoms with van der Waals surface area (Å²) in [6, 6.07) is -0.114. The van der Waals surface area contributed by atoms with Crippen molar-refractivity contribution in [2.24, 2.45) is 11.8 Å². The molecule has 2 fully saturated rings. The van der Waals surface area contributed by atoms with Crippen molar-refractivity contribution in [3.63, 3.8) is 0 Å². The molecule has 104 valence electrons. The van der Waals surface area contributed by atoms with Crippen LogP contribution in [0.2, 0.25) is 0 Å². The normalized spacial score (nSPS) is 29.6. The first-order valence-corrected chi connectivity index (χ1v) is 7.26. The third kappa shape index (κ3) is 3.69. The summed E-state index contributed by atoms with van der Waals surface area (Å²) in [5.74, 6) is 1.65. The second-order valence-electron chi connectivity index (χ2n) is 6.00. The molecule has 0 bridgehead atoms. The SMILES string of the molecule is CC(C)CC1CCCN(C(=O)C2COCCN2)C1. The molecule has 2 aliphatic heterocycles. The Balaban J connectivity index is 1.85. The summed E-state index contributed by atoms with van der Waals surface area (Å²) in [5, 5.41) is 3.26. The maximum absolute atomic E-state index is 12.4. The van der Waals surface area contributed by atoms with Crippen LogP contribution in [0, 0.1) is 11.8 Å². The molecular weight excluding hydrogens is 228 g/mol. The van der Waals surface area contributed by atoms with Gasteiger partial charge in [0.05, 0.1) is 13.2 Å². The van der Waals surface area contributed by atoms with Crippen molar-refractivity contribution in [1.82, 2.24) is 10.2 Å². The Morgan fingerprint density at radius 2 is 2.33 bits per heavy atom. The molecule has 0 aliphatic carbocycles. The van der Waals surface area contributed by atoms with E-state index in [1.807, 2.05) is 4.90 Å². The van der Waals surface area contributed by atoms with E-state index in [0.717, 1.165) is 38.6 Å². The lowest BCUT2D eigenvalue weighted by molar-refractivity contribution is -0.138. The number of nitrogens with one attached hydrogen (secondary N) is 1. The zero-order chi connectivity index (χ0) is 13.0. The van der Waals surface area contributed by atoms with Gasteiger partial charge in [-0.25, -0.2) is 0 Å². The van der Waals surface area contributed by atoms with E-state index in [1.54, 1.807) is 0 Å². The Labute approximate surface area is 110 Å². The Morgan fingerprint density at radius 3 is 3.00 bits per heavy atom. The van der Waals surface area contributed by atoms with Gasteiger partial charge in [-0.3, -0.25) is 4.79 Å². The Hall–Kier alpha value is -0.610. The van der Waals surface area contributed by atoms with Crippen molar-refractivity contribution in [2.45, 2.75) is 39.2 Å². The number of ether oxygens (including phenoxy) is 1. The summed E-state index contributed by atoms with van der Waals surface area (Å²) in [6.45, 7) is 8.43. The Morgan fingerprint density at radius 1 is 1.50 bits per heavy atom. The number of amides is 1. The van der Waals surface area contributed by atoms with E-state index in [-0.39, 0.29) is 11.9 Å². The van der Waals surface area contributed by atoms with Gasteiger partial charge in [0.2, 0.25) is 5.91 Å². The van der Waals surface area contributed by atoms with Crippen molar-refractivity contribution in [3.8, 4) is 0 Å². The predicted molar refractivity (Wildman–Crippen MR) is 71.4 cm³/mol. The third-order valence-electron chi connectivity index (χ3n) is 3.86. The van der Waals surface area contributed by atoms with E-state index in [0.29, 0.717) is 12.5 Å². The number of rotatable bonds is 3. The topological polar surface area (TPSA) is 41.6 Å². The van der Waals surface area contributed by atoms with Crippen LogP contribution in [-0.2, 0) is 9.53 Å². The number of hydrogen-bond donors (Lipinski definition) is 1. The zero-order valence-corrected chi connectivity index (χ0v) is 11.7. The minimum atomic E-state index is -0.114. The van der Waals surface area contributed by atoms with E-state index in [1.165, 1.54) is 12.8 Å². The average Bonchev–Trinajstić information content (AvgIpc) is 2.38. The van der Waals surface area contributed by atoms with Crippen LogP contribution in [0.5, 0.6) is 0 Å². The molecule has 1 amide bonds. The van der Waals surface area contributed by atoms with E-state index >= 15 is 0 Å². The van der Waals surface area contributed by atoms with Gasteiger partial charge in [-0.1, -0.05) is 13.8 Å². The highest BCUT2D eigenvalue weighted by atomic mass is 16.5. The number of likely N-dealkylation sites (tertiary alicyclic amines) is 1. The van der Waals surface area contributed by atoms with Gasteiger partial charge in [-0.15, -0.1) is 0 Å². The molecule has 2 saturated heterocycles. The second-order valence-corrected chi connectivity index (χ2v) is 6.00. The molecule has 0 aromatic rings. The van der Waals surface area contributed by atoms with Gasteiger partial charge in [0.25, 0.3) is 0 Å². The van der Waals surface area contributed by atoms with Crippen LogP contribution in [0.3, 0.4) is 0 Å². The van der Waals surface area contributed by atoms with Crippen LogP contribution in [0.15, 0.2) is 0 Å². The van der Waals surface area contributed by atoms with Gasteiger partial charge >= 0.3 is 0 Å². The summed E-state index contributed by atoms with van der Waals surface area (Å²) in [7, 11) is 0. The fourth-order valence-electron chi connectivity index (χ4n) is 3.07. The van der Waals surface area contributed by atoms with Gasteiger partial charge in [0.1, 0.15) is 6.04 Å². The van der Waals surface area contributed by atoms with Crippen LogP contribution < -0.4 is 5.32 Å². The molecule has 2 atom stereocenters. The van der Waals surface area contributed by atoms with Gasteiger partial charge in [-0.05, 0) is 31.1 Å². The highest BCUT2D eigenvalue weighted by Gasteiger charge is 2.30. The van der Waals surface area contributed by atoms with Crippen molar-refractivity contribution >= 4 is 5.91 Å². The van der Waals surface area contributed by atoms with E-state index in [2.05, 4.69) is 19.2 Å². The minimum absolute atomic E-state index is 0.114. The second kappa shape index (κ2) is 6.53. The quantitative estimate of drug-likeness (QED) is 0.824. The molecule has 4 nitrogen and oxygen atoms in total. The van der Waals surface area contributed by atoms with Crippen LogP contribution in [0.4, 0.5) is 0 Å². The molecule has 2 rings (SSSR count). The highest BCUT2D eigenvalue weighted by molar-refractivity contribution is 5.82. The lowest BCUT2D eigenvalue weighted by atomic mass is 9.89. The molecule has 18 heavy (non-hydrogen) atoms. The van der Waals surface area contributed by atoms with Crippen molar-refractivity contribution < 1.29 is 9.53 Å². The molecule has 0 saturated carbocycles. The molecular formula is C14H26N2O2. The minimum Gasteiger partial charge on any atom is -0.378 e. The van der Waals surface area contributed by atoms with Gasteiger partial charge in [0.15, 0.2) is 0 Å². The predicted octanol–water partition coefficient (Wildman–Crippen LogP) is 1.26. The number of nitrogens with zero attached hydrogens (tertiary/aromatic N) is 1. The van der Waals surface area contributed by atoms with Crippen molar-refractivity contribution in [1.29, 1.82) is 0 Å². The summed E-state index contributed by atoms with van der Waals surface area (Å²) in [4.78, 5) is 14.4. The standard InChI is InChI=1S/C14H26N2O2/c1-11(2)8-12-4-3-6-16(9-12)14(17)13-10-18-7-5-15-13/h11-13,15H,3-10H2,1-2H3. The summed E-state index contributed by atoms with van der Waals surface area (Å²) >= 11 is 0. The first kappa shape index (κ1) is 13.8. The Bertz CT molecular complexity index is 275. The highest BCUT2D eigenvalue weighted by Crippen LogP contribution is 2.23. The average molecular weight is 254 g/mol. The molecule has 2 aliphatic rings. The summed E-state index contributed by atoms with van der Waals surface area (Å²) < 4.78 is 5.38.